The fourth-order valence-electron chi connectivity index (χ4n) is 2.89. The zero-order chi connectivity index (χ0) is 23.5. The van der Waals surface area contributed by atoms with Crippen molar-refractivity contribution in [3.8, 4) is 17.2 Å². The van der Waals surface area contributed by atoms with Crippen LogP contribution in [0.1, 0.15) is 23.0 Å². The van der Waals surface area contributed by atoms with Crippen LogP contribution in [-0.2, 0) is 11.0 Å². The standard InChI is InChI=1S/C21H19F3N4O4/c1-12(29)25-14-7-8-17(31-2)16(10-14)26-20(30)19-18(32-3)11-28(27-19)15-6-4-5-13(9-15)21(22,23)24/h4-11H,1-3H3,(H,25,29)(H,26,30). The number of aromatic nitrogens is 2. The molecule has 2 aromatic carbocycles. The third-order valence-electron chi connectivity index (χ3n) is 4.32. The van der Waals surface area contributed by atoms with Gasteiger partial charge in [0.15, 0.2) is 11.4 Å². The van der Waals surface area contributed by atoms with Crippen molar-refractivity contribution in [2.45, 2.75) is 13.1 Å². The summed E-state index contributed by atoms with van der Waals surface area (Å²) in [6.07, 6.45) is -3.22. The molecule has 11 heteroatoms. The molecule has 3 rings (SSSR count). The number of ether oxygens (including phenoxy) is 2. The van der Waals surface area contributed by atoms with Crippen molar-refractivity contribution in [1.29, 1.82) is 0 Å². The highest BCUT2D eigenvalue weighted by atomic mass is 19.4. The highest BCUT2D eigenvalue weighted by molar-refractivity contribution is 6.06. The second kappa shape index (κ2) is 9.00. The van der Waals surface area contributed by atoms with Crippen molar-refractivity contribution in [3.05, 3.63) is 59.9 Å². The molecule has 3 aromatic rings. The molecule has 0 aliphatic heterocycles. The molecule has 0 saturated carbocycles. The van der Waals surface area contributed by atoms with Crippen LogP contribution in [-0.4, -0.2) is 35.8 Å². The van der Waals surface area contributed by atoms with Crippen LogP contribution in [0.5, 0.6) is 11.5 Å². The zero-order valence-electron chi connectivity index (χ0n) is 17.3. The van der Waals surface area contributed by atoms with Crippen LogP contribution >= 0.6 is 0 Å². The van der Waals surface area contributed by atoms with E-state index in [-0.39, 0.29) is 28.7 Å². The van der Waals surface area contributed by atoms with Gasteiger partial charge in [-0.25, -0.2) is 4.68 Å². The maximum atomic E-state index is 13.0. The molecule has 2 amide bonds. The fourth-order valence-corrected chi connectivity index (χ4v) is 2.89. The summed E-state index contributed by atoms with van der Waals surface area (Å²) in [7, 11) is 2.72. The summed E-state index contributed by atoms with van der Waals surface area (Å²) in [5.41, 5.74) is -0.233. The maximum Gasteiger partial charge on any atom is 0.416 e. The summed E-state index contributed by atoms with van der Waals surface area (Å²) < 4.78 is 50.6. The van der Waals surface area contributed by atoms with Crippen molar-refractivity contribution in [2.24, 2.45) is 0 Å². The molecule has 0 unspecified atom stereocenters. The number of hydrogen-bond donors (Lipinski definition) is 2. The van der Waals surface area contributed by atoms with Crippen LogP contribution in [0.3, 0.4) is 0 Å². The van der Waals surface area contributed by atoms with E-state index in [0.717, 1.165) is 16.8 Å². The third-order valence-corrected chi connectivity index (χ3v) is 4.32. The third kappa shape index (κ3) is 4.99. The number of benzene rings is 2. The Balaban J connectivity index is 1.93. The normalized spacial score (nSPS) is 11.1. The van der Waals surface area contributed by atoms with Gasteiger partial charge in [-0.15, -0.1) is 0 Å². The Bertz CT molecular complexity index is 1160. The molecule has 8 nitrogen and oxygen atoms in total. The van der Waals surface area contributed by atoms with Crippen LogP contribution in [0.15, 0.2) is 48.7 Å². The Hall–Kier alpha value is -4.02. The predicted molar refractivity (Wildman–Crippen MR) is 110 cm³/mol. The van der Waals surface area contributed by atoms with Gasteiger partial charge in [0.25, 0.3) is 5.91 Å². The molecule has 1 aromatic heterocycles. The molecule has 0 atom stereocenters. The summed E-state index contributed by atoms with van der Waals surface area (Å²) in [5, 5.41) is 9.31. The zero-order valence-corrected chi connectivity index (χ0v) is 17.3. The second-order valence-electron chi connectivity index (χ2n) is 6.59. The van der Waals surface area contributed by atoms with E-state index in [1.54, 1.807) is 12.1 Å². The van der Waals surface area contributed by atoms with E-state index in [0.29, 0.717) is 11.4 Å². The van der Waals surface area contributed by atoms with Gasteiger partial charge in [-0.05, 0) is 36.4 Å². The highest BCUT2D eigenvalue weighted by Crippen LogP contribution is 2.32. The van der Waals surface area contributed by atoms with E-state index < -0.39 is 17.6 Å². The molecule has 1 heterocycles. The van der Waals surface area contributed by atoms with Crippen LogP contribution in [0.2, 0.25) is 0 Å². The number of nitrogens with one attached hydrogen (secondary N) is 2. The number of alkyl halides is 3. The maximum absolute atomic E-state index is 13.0. The Morgan fingerprint density at radius 2 is 1.72 bits per heavy atom. The Morgan fingerprint density at radius 3 is 2.34 bits per heavy atom. The lowest BCUT2D eigenvalue weighted by molar-refractivity contribution is -0.137. The van der Waals surface area contributed by atoms with Crippen LogP contribution < -0.4 is 20.1 Å². The summed E-state index contributed by atoms with van der Waals surface area (Å²) in [6.45, 7) is 1.34. The van der Waals surface area contributed by atoms with Gasteiger partial charge in [0, 0.05) is 12.6 Å². The van der Waals surface area contributed by atoms with Gasteiger partial charge in [0.1, 0.15) is 5.75 Å². The summed E-state index contributed by atoms with van der Waals surface area (Å²) in [6, 6.07) is 9.15. The van der Waals surface area contributed by atoms with E-state index >= 15 is 0 Å². The number of rotatable bonds is 6. The first-order valence-electron chi connectivity index (χ1n) is 9.20. The predicted octanol–water partition coefficient (Wildman–Crippen LogP) is 4.12. The quantitative estimate of drug-likeness (QED) is 0.592. The Morgan fingerprint density at radius 1 is 1.00 bits per heavy atom. The van der Waals surface area contributed by atoms with E-state index in [4.69, 9.17) is 9.47 Å². The molecule has 0 bridgehead atoms. The van der Waals surface area contributed by atoms with E-state index in [1.807, 2.05) is 0 Å². The number of anilines is 2. The summed E-state index contributed by atoms with van der Waals surface area (Å²) >= 11 is 0. The first kappa shape index (κ1) is 22.7. The topological polar surface area (TPSA) is 94.5 Å². The lowest BCUT2D eigenvalue weighted by atomic mass is 10.2. The lowest BCUT2D eigenvalue weighted by Gasteiger charge is -2.12. The van der Waals surface area contributed by atoms with Crippen molar-refractivity contribution >= 4 is 23.2 Å². The molecule has 0 aliphatic carbocycles. The molecule has 0 saturated heterocycles. The minimum atomic E-state index is -4.52. The number of amides is 2. The molecule has 0 spiro atoms. The average Bonchev–Trinajstić information content (AvgIpc) is 3.18. The first-order valence-corrected chi connectivity index (χ1v) is 9.20. The summed E-state index contributed by atoms with van der Waals surface area (Å²) in [4.78, 5) is 24.2. The largest absolute Gasteiger partial charge is 0.495 e. The van der Waals surface area contributed by atoms with Crippen molar-refractivity contribution in [1.82, 2.24) is 9.78 Å². The molecule has 0 radical (unpaired) electrons. The van der Waals surface area contributed by atoms with E-state index in [9.17, 15) is 22.8 Å². The Labute approximate surface area is 180 Å². The van der Waals surface area contributed by atoms with Gasteiger partial charge >= 0.3 is 6.18 Å². The number of halogens is 3. The average molecular weight is 448 g/mol. The second-order valence-corrected chi connectivity index (χ2v) is 6.59. The van der Waals surface area contributed by atoms with Crippen molar-refractivity contribution < 1.29 is 32.2 Å². The monoisotopic (exact) mass is 448 g/mol. The molecule has 0 aliphatic rings. The van der Waals surface area contributed by atoms with Gasteiger partial charge < -0.3 is 20.1 Å². The van der Waals surface area contributed by atoms with E-state index in [1.165, 1.54) is 45.5 Å². The smallest absolute Gasteiger partial charge is 0.416 e. The van der Waals surface area contributed by atoms with Crippen molar-refractivity contribution in [2.75, 3.05) is 24.9 Å². The molecular formula is C21H19F3N4O4. The number of methoxy groups -OCH3 is 2. The Kier molecular flexibility index (Phi) is 6.37. The van der Waals surface area contributed by atoms with Crippen LogP contribution in [0, 0.1) is 0 Å². The molecule has 32 heavy (non-hydrogen) atoms. The lowest BCUT2D eigenvalue weighted by Crippen LogP contribution is -2.15. The molecular weight excluding hydrogens is 429 g/mol. The van der Waals surface area contributed by atoms with Gasteiger partial charge in [-0.3, -0.25) is 9.59 Å². The fraction of sp³-hybridized carbons (Fsp3) is 0.190. The first-order chi connectivity index (χ1) is 15.1. The number of carbonyl (C=O) groups excluding carboxylic acids is 2. The minimum Gasteiger partial charge on any atom is -0.495 e. The number of hydrogen-bond acceptors (Lipinski definition) is 5. The van der Waals surface area contributed by atoms with Crippen LogP contribution in [0.25, 0.3) is 5.69 Å². The van der Waals surface area contributed by atoms with E-state index in [2.05, 4.69) is 15.7 Å². The van der Waals surface area contributed by atoms with Gasteiger partial charge in [0.2, 0.25) is 5.91 Å². The molecule has 0 fully saturated rings. The SMILES string of the molecule is COc1ccc(NC(C)=O)cc1NC(=O)c1nn(-c2cccc(C(F)(F)F)c2)cc1OC. The van der Waals surface area contributed by atoms with Crippen molar-refractivity contribution in [3.63, 3.8) is 0 Å². The van der Waals surface area contributed by atoms with Gasteiger partial charge in [-0.2, -0.15) is 18.3 Å². The highest BCUT2D eigenvalue weighted by Gasteiger charge is 2.31. The minimum absolute atomic E-state index is 0.0527. The number of carbonyl (C=O) groups is 2. The van der Waals surface area contributed by atoms with Crippen LogP contribution in [0.4, 0.5) is 24.5 Å². The van der Waals surface area contributed by atoms with Gasteiger partial charge in [0.05, 0.1) is 37.4 Å². The van der Waals surface area contributed by atoms with Gasteiger partial charge in [-0.1, -0.05) is 6.07 Å². The molecule has 168 valence electrons. The number of nitrogens with zero attached hydrogens (tertiary/aromatic N) is 2. The molecule has 2 N–H and O–H groups in total. The summed E-state index contributed by atoms with van der Waals surface area (Å²) in [5.74, 6) is -0.611.